The summed E-state index contributed by atoms with van der Waals surface area (Å²) < 4.78 is 6.93. The minimum Gasteiger partial charge on any atom is -0.383 e. The van der Waals surface area contributed by atoms with E-state index in [-0.39, 0.29) is 30.4 Å². The lowest BCUT2D eigenvalue weighted by atomic mass is 9.92. The van der Waals surface area contributed by atoms with Crippen LogP contribution in [0.5, 0.6) is 0 Å². The van der Waals surface area contributed by atoms with Crippen LogP contribution in [0.3, 0.4) is 0 Å². The third kappa shape index (κ3) is 6.39. The van der Waals surface area contributed by atoms with Crippen LogP contribution in [0.1, 0.15) is 32.0 Å². The smallest absolute Gasteiger partial charge is 0.322 e. The zero-order chi connectivity index (χ0) is 27.3. The molecule has 0 saturated heterocycles. The number of amides is 3. The maximum atomic E-state index is 13.3. The molecular formula is C30H35N5O3. The van der Waals surface area contributed by atoms with Crippen molar-refractivity contribution in [2.75, 3.05) is 37.4 Å². The third-order valence-electron chi connectivity index (χ3n) is 6.24. The molecule has 0 aliphatic carbocycles. The molecule has 8 nitrogen and oxygen atoms in total. The molecule has 198 valence electrons. The van der Waals surface area contributed by atoms with Gasteiger partial charge in [-0.05, 0) is 30.5 Å². The second-order valence-corrected chi connectivity index (χ2v) is 10.3. The Hall–Kier alpha value is -4.17. The zero-order valence-corrected chi connectivity index (χ0v) is 22.6. The molecule has 0 atom stereocenters. The fourth-order valence-corrected chi connectivity index (χ4v) is 4.06. The molecule has 0 aliphatic rings. The van der Waals surface area contributed by atoms with Crippen molar-refractivity contribution in [1.29, 1.82) is 0 Å². The Labute approximate surface area is 223 Å². The summed E-state index contributed by atoms with van der Waals surface area (Å²) in [6.45, 7) is 8.65. The lowest BCUT2D eigenvalue weighted by molar-refractivity contribution is -0.116. The molecule has 38 heavy (non-hydrogen) atoms. The third-order valence-corrected chi connectivity index (χ3v) is 6.24. The monoisotopic (exact) mass is 513 g/mol. The maximum Gasteiger partial charge on any atom is 0.322 e. The molecule has 0 fully saturated rings. The Kier molecular flexibility index (Phi) is 8.12. The van der Waals surface area contributed by atoms with Gasteiger partial charge in [-0.3, -0.25) is 4.79 Å². The number of carbonyl (C=O) groups excluding carboxylic acids is 2. The number of anilines is 2. The lowest BCUT2D eigenvalue weighted by Gasteiger charge is -2.23. The van der Waals surface area contributed by atoms with Crippen molar-refractivity contribution in [1.82, 2.24) is 14.7 Å². The van der Waals surface area contributed by atoms with Crippen molar-refractivity contribution in [3.63, 3.8) is 0 Å². The minimum atomic E-state index is -0.379. The van der Waals surface area contributed by atoms with Crippen LogP contribution in [-0.2, 0) is 14.9 Å². The quantitative estimate of drug-likeness (QED) is 0.314. The summed E-state index contributed by atoms with van der Waals surface area (Å²) in [4.78, 5) is 27.9. The van der Waals surface area contributed by atoms with Crippen LogP contribution in [0.15, 0.2) is 72.8 Å². The number of benzene rings is 3. The van der Waals surface area contributed by atoms with Crippen LogP contribution < -0.4 is 10.6 Å². The molecule has 1 heterocycles. The number of aryl methyl sites for hydroxylation is 1. The summed E-state index contributed by atoms with van der Waals surface area (Å²) >= 11 is 0. The highest BCUT2D eigenvalue weighted by molar-refractivity contribution is 6.03. The summed E-state index contributed by atoms with van der Waals surface area (Å²) in [6.07, 6.45) is 0. The minimum absolute atomic E-state index is 0.149. The standard InChI is InChI=1S/C30H35N5O3/c1-21-13-15-23(16-14-21)35-27(19-26(33-35)30(2,3)4)32-28(36)20-34(17-18-38-5)29(37)31-25-12-8-10-22-9-6-7-11-24(22)25/h6-16,19H,17-18,20H2,1-5H3,(H,31,37)(H,32,36). The SMILES string of the molecule is COCCN(CC(=O)Nc1cc(C(C)(C)C)nn1-c1ccc(C)cc1)C(=O)Nc1cccc2ccccc12. The van der Waals surface area contributed by atoms with Gasteiger partial charge in [0, 0.05) is 30.5 Å². The van der Waals surface area contributed by atoms with Gasteiger partial charge in [-0.25, -0.2) is 9.48 Å². The highest BCUT2D eigenvalue weighted by Gasteiger charge is 2.23. The van der Waals surface area contributed by atoms with Gasteiger partial charge in [-0.15, -0.1) is 0 Å². The first-order valence-electron chi connectivity index (χ1n) is 12.7. The molecule has 0 saturated carbocycles. The van der Waals surface area contributed by atoms with Gasteiger partial charge in [0.15, 0.2) is 0 Å². The Bertz CT molecular complexity index is 1410. The summed E-state index contributed by atoms with van der Waals surface area (Å²) in [6, 6.07) is 23.0. The van der Waals surface area contributed by atoms with E-state index in [1.807, 2.05) is 79.7 Å². The lowest BCUT2D eigenvalue weighted by Crippen LogP contribution is -2.42. The number of nitrogens with zero attached hydrogens (tertiary/aromatic N) is 3. The topological polar surface area (TPSA) is 88.5 Å². The highest BCUT2D eigenvalue weighted by atomic mass is 16.5. The van der Waals surface area contributed by atoms with Crippen LogP contribution >= 0.6 is 0 Å². The van der Waals surface area contributed by atoms with Gasteiger partial charge in [-0.1, -0.05) is 74.9 Å². The number of urea groups is 1. The molecule has 3 aromatic carbocycles. The Morgan fingerprint density at radius 3 is 2.39 bits per heavy atom. The molecule has 1 aromatic heterocycles. The average Bonchev–Trinajstić information content (AvgIpc) is 3.31. The van der Waals surface area contributed by atoms with E-state index in [0.717, 1.165) is 27.7 Å². The number of ether oxygens (including phenoxy) is 1. The Morgan fingerprint density at radius 1 is 0.974 bits per heavy atom. The number of nitrogens with one attached hydrogen (secondary N) is 2. The summed E-state index contributed by atoms with van der Waals surface area (Å²) in [7, 11) is 1.56. The van der Waals surface area contributed by atoms with E-state index in [0.29, 0.717) is 18.1 Å². The van der Waals surface area contributed by atoms with E-state index in [9.17, 15) is 9.59 Å². The van der Waals surface area contributed by atoms with E-state index in [2.05, 4.69) is 31.4 Å². The molecule has 4 aromatic rings. The van der Waals surface area contributed by atoms with Crippen LogP contribution in [0.4, 0.5) is 16.3 Å². The van der Waals surface area contributed by atoms with Crippen LogP contribution in [-0.4, -0.2) is 53.4 Å². The number of methoxy groups -OCH3 is 1. The summed E-state index contributed by atoms with van der Waals surface area (Å²) in [5.41, 5.74) is 3.29. The van der Waals surface area contributed by atoms with Crippen LogP contribution in [0.25, 0.3) is 16.5 Å². The van der Waals surface area contributed by atoms with Crippen molar-refractivity contribution in [3.05, 3.63) is 84.1 Å². The van der Waals surface area contributed by atoms with E-state index >= 15 is 0 Å². The fraction of sp³-hybridized carbons (Fsp3) is 0.300. The maximum absolute atomic E-state index is 13.3. The first-order valence-corrected chi connectivity index (χ1v) is 12.7. The van der Waals surface area contributed by atoms with Crippen molar-refractivity contribution in [2.45, 2.75) is 33.1 Å². The van der Waals surface area contributed by atoms with Crippen molar-refractivity contribution in [2.24, 2.45) is 0 Å². The first-order chi connectivity index (χ1) is 18.2. The summed E-state index contributed by atoms with van der Waals surface area (Å²) in [5, 5.41) is 12.7. The fourth-order valence-electron chi connectivity index (χ4n) is 4.06. The second kappa shape index (κ2) is 11.5. The van der Waals surface area contributed by atoms with E-state index < -0.39 is 0 Å². The predicted octanol–water partition coefficient (Wildman–Crippen LogP) is 5.75. The number of aromatic nitrogens is 2. The molecule has 0 bridgehead atoms. The van der Waals surface area contributed by atoms with Crippen LogP contribution in [0, 0.1) is 6.92 Å². The van der Waals surface area contributed by atoms with Gasteiger partial charge in [-0.2, -0.15) is 5.10 Å². The van der Waals surface area contributed by atoms with Crippen LogP contribution in [0.2, 0.25) is 0 Å². The molecular weight excluding hydrogens is 478 g/mol. The van der Waals surface area contributed by atoms with Gasteiger partial charge in [0.25, 0.3) is 0 Å². The van der Waals surface area contributed by atoms with Crippen molar-refractivity contribution in [3.8, 4) is 5.69 Å². The molecule has 0 radical (unpaired) electrons. The Morgan fingerprint density at radius 2 is 1.68 bits per heavy atom. The molecule has 3 amide bonds. The van der Waals surface area contributed by atoms with Crippen molar-refractivity contribution >= 4 is 34.2 Å². The average molecular weight is 514 g/mol. The molecule has 4 rings (SSSR count). The normalized spacial score (nSPS) is 11.4. The van der Waals surface area contributed by atoms with Crippen molar-refractivity contribution < 1.29 is 14.3 Å². The van der Waals surface area contributed by atoms with E-state index in [1.165, 1.54) is 4.90 Å². The van der Waals surface area contributed by atoms with E-state index in [4.69, 9.17) is 9.84 Å². The predicted molar refractivity (Wildman–Crippen MR) is 152 cm³/mol. The number of hydrogen-bond donors (Lipinski definition) is 2. The van der Waals surface area contributed by atoms with Gasteiger partial charge < -0.3 is 20.3 Å². The molecule has 8 heteroatoms. The number of hydrogen-bond acceptors (Lipinski definition) is 4. The Balaban J connectivity index is 1.55. The second-order valence-electron chi connectivity index (χ2n) is 10.3. The largest absolute Gasteiger partial charge is 0.383 e. The highest BCUT2D eigenvalue weighted by Crippen LogP contribution is 2.27. The van der Waals surface area contributed by atoms with Gasteiger partial charge >= 0.3 is 6.03 Å². The number of rotatable bonds is 8. The van der Waals surface area contributed by atoms with Gasteiger partial charge in [0.05, 0.1) is 23.7 Å². The molecule has 0 spiro atoms. The number of carbonyl (C=O) groups is 2. The number of fused-ring (bicyclic) bond motifs is 1. The van der Waals surface area contributed by atoms with Gasteiger partial charge in [0.1, 0.15) is 12.4 Å². The van der Waals surface area contributed by atoms with Gasteiger partial charge in [0.2, 0.25) is 5.91 Å². The molecule has 0 aliphatic heterocycles. The van der Waals surface area contributed by atoms with E-state index in [1.54, 1.807) is 11.8 Å². The summed E-state index contributed by atoms with van der Waals surface area (Å²) in [5.74, 6) is 0.216. The molecule has 2 N–H and O–H groups in total. The first kappa shape index (κ1) is 26.9. The molecule has 0 unspecified atom stereocenters. The zero-order valence-electron chi connectivity index (χ0n) is 22.6.